The van der Waals surface area contributed by atoms with Crippen LogP contribution in [-0.4, -0.2) is 29.0 Å². The molecule has 108 valence electrons. The number of H-pyrrole nitrogens is 1. The number of imidazole rings is 1. The van der Waals surface area contributed by atoms with Gasteiger partial charge in [0.25, 0.3) is 0 Å². The van der Waals surface area contributed by atoms with E-state index in [0.29, 0.717) is 0 Å². The molecule has 21 heavy (non-hydrogen) atoms. The van der Waals surface area contributed by atoms with Crippen molar-refractivity contribution in [1.29, 1.82) is 0 Å². The number of fused-ring (bicyclic) bond motifs is 1. The molecule has 0 bridgehead atoms. The van der Waals surface area contributed by atoms with Gasteiger partial charge < -0.3 is 9.88 Å². The molecule has 2 heterocycles. The predicted octanol–water partition coefficient (Wildman–Crippen LogP) is 3.23. The molecule has 4 nitrogen and oxygen atoms in total. The normalized spacial score (nSPS) is 11.0. The maximum atomic E-state index is 4.61. The molecule has 0 aliphatic rings. The van der Waals surface area contributed by atoms with Gasteiger partial charge in [0.15, 0.2) is 5.65 Å². The molecule has 0 saturated heterocycles. The van der Waals surface area contributed by atoms with Crippen LogP contribution in [0.4, 0.5) is 5.82 Å². The molecule has 2 aromatic heterocycles. The summed E-state index contributed by atoms with van der Waals surface area (Å²) in [5.41, 5.74) is 5.67. The van der Waals surface area contributed by atoms with Crippen molar-refractivity contribution in [3.05, 3.63) is 52.8 Å². The fourth-order valence-electron chi connectivity index (χ4n) is 2.37. The summed E-state index contributed by atoms with van der Waals surface area (Å²) in [7, 11) is 3.97. The van der Waals surface area contributed by atoms with Gasteiger partial charge >= 0.3 is 0 Å². The van der Waals surface area contributed by atoms with E-state index in [9.17, 15) is 0 Å². The second-order valence-electron chi connectivity index (χ2n) is 5.71. The molecule has 1 N–H and O–H groups in total. The molecule has 0 saturated carbocycles. The number of rotatable bonds is 3. The van der Waals surface area contributed by atoms with Crippen LogP contribution in [0, 0.1) is 13.8 Å². The Labute approximate surface area is 124 Å². The summed E-state index contributed by atoms with van der Waals surface area (Å²) in [6.45, 7) is 4.27. The van der Waals surface area contributed by atoms with Crippen molar-refractivity contribution in [3.8, 4) is 0 Å². The predicted molar refractivity (Wildman–Crippen MR) is 86.9 cm³/mol. The van der Waals surface area contributed by atoms with Crippen molar-refractivity contribution in [1.82, 2.24) is 15.0 Å². The Morgan fingerprint density at radius 1 is 1.00 bits per heavy atom. The van der Waals surface area contributed by atoms with E-state index in [2.05, 4.69) is 47.0 Å². The first-order chi connectivity index (χ1) is 10.0. The second-order valence-corrected chi connectivity index (χ2v) is 5.71. The van der Waals surface area contributed by atoms with Crippen molar-refractivity contribution in [3.63, 3.8) is 0 Å². The highest BCUT2D eigenvalue weighted by molar-refractivity contribution is 5.73. The quantitative estimate of drug-likeness (QED) is 0.801. The van der Waals surface area contributed by atoms with Crippen molar-refractivity contribution in [2.75, 3.05) is 19.0 Å². The number of hydrogen-bond donors (Lipinski definition) is 1. The van der Waals surface area contributed by atoms with Crippen LogP contribution >= 0.6 is 0 Å². The lowest BCUT2D eigenvalue weighted by Gasteiger charge is -2.09. The average molecular weight is 280 g/mol. The van der Waals surface area contributed by atoms with E-state index < -0.39 is 0 Å². The number of aryl methyl sites for hydroxylation is 2. The summed E-state index contributed by atoms with van der Waals surface area (Å²) in [5, 5.41) is 0. The Balaban J connectivity index is 1.92. The van der Waals surface area contributed by atoms with Crippen molar-refractivity contribution < 1.29 is 0 Å². The molecule has 0 radical (unpaired) electrons. The lowest BCUT2D eigenvalue weighted by molar-refractivity contribution is 1.03. The highest BCUT2D eigenvalue weighted by atomic mass is 15.1. The van der Waals surface area contributed by atoms with Gasteiger partial charge in [0, 0.05) is 20.5 Å². The summed E-state index contributed by atoms with van der Waals surface area (Å²) in [6, 6.07) is 10.6. The van der Waals surface area contributed by atoms with E-state index in [4.69, 9.17) is 0 Å². The Morgan fingerprint density at radius 3 is 2.52 bits per heavy atom. The van der Waals surface area contributed by atoms with E-state index in [1.165, 1.54) is 16.7 Å². The molecule has 0 aliphatic heterocycles. The van der Waals surface area contributed by atoms with E-state index in [-0.39, 0.29) is 0 Å². The summed E-state index contributed by atoms with van der Waals surface area (Å²) in [5.74, 6) is 1.88. The van der Waals surface area contributed by atoms with Gasteiger partial charge in [0.1, 0.15) is 11.6 Å². The lowest BCUT2D eigenvalue weighted by Crippen LogP contribution is -2.10. The van der Waals surface area contributed by atoms with Crippen LogP contribution in [0.25, 0.3) is 11.2 Å². The number of hydrogen-bond acceptors (Lipinski definition) is 3. The first-order valence-electron chi connectivity index (χ1n) is 7.12. The van der Waals surface area contributed by atoms with Gasteiger partial charge in [-0.3, -0.25) is 0 Å². The van der Waals surface area contributed by atoms with Crippen molar-refractivity contribution >= 4 is 17.0 Å². The van der Waals surface area contributed by atoms with Crippen LogP contribution in [0.15, 0.2) is 30.3 Å². The summed E-state index contributed by atoms with van der Waals surface area (Å²) >= 11 is 0. The number of nitrogens with one attached hydrogen (secondary N) is 1. The van der Waals surface area contributed by atoms with Crippen LogP contribution in [0.2, 0.25) is 0 Å². The number of nitrogens with zero attached hydrogens (tertiary/aromatic N) is 3. The maximum absolute atomic E-state index is 4.61. The summed E-state index contributed by atoms with van der Waals surface area (Å²) in [4.78, 5) is 14.5. The zero-order valence-corrected chi connectivity index (χ0v) is 12.9. The molecule has 3 aromatic rings. The summed E-state index contributed by atoms with van der Waals surface area (Å²) in [6.07, 6.45) is 0.800. The number of benzene rings is 1. The topological polar surface area (TPSA) is 44.8 Å². The fraction of sp³-hybridized carbons (Fsp3) is 0.294. The average Bonchev–Trinajstić information content (AvgIpc) is 2.84. The highest BCUT2D eigenvalue weighted by Crippen LogP contribution is 2.17. The maximum Gasteiger partial charge on any atom is 0.179 e. The molecular formula is C17H20N4. The molecule has 3 rings (SSSR count). The highest BCUT2D eigenvalue weighted by Gasteiger charge is 2.07. The minimum absolute atomic E-state index is 0.778. The fourth-order valence-corrected chi connectivity index (χ4v) is 2.37. The van der Waals surface area contributed by atoms with E-state index in [0.717, 1.165) is 29.2 Å². The Morgan fingerprint density at radius 2 is 1.81 bits per heavy atom. The number of aromatic amines is 1. The molecule has 0 fully saturated rings. The van der Waals surface area contributed by atoms with Gasteiger partial charge in [0.2, 0.25) is 0 Å². The molecule has 0 unspecified atom stereocenters. The van der Waals surface area contributed by atoms with Crippen LogP contribution in [0.1, 0.15) is 22.5 Å². The molecule has 0 amide bonds. The monoisotopic (exact) mass is 280 g/mol. The van der Waals surface area contributed by atoms with E-state index in [1.54, 1.807) is 0 Å². The van der Waals surface area contributed by atoms with Crippen LogP contribution in [-0.2, 0) is 6.42 Å². The van der Waals surface area contributed by atoms with Gasteiger partial charge in [-0.2, -0.15) is 0 Å². The number of anilines is 1. The van der Waals surface area contributed by atoms with E-state index >= 15 is 0 Å². The third-order valence-electron chi connectivity index (χ3n) is 3.78. The number of aromatic nitrogens is 3. The van der Waals surface area contributed by atoms with Crippen LogP contribution in [0.3, 0.4) is 0 Å². The lowest BCUT2D eigenvalue weighted by atomic mass is 10.0. The Bertz CT molecular complexity index is 787. The first-order valence-corrected chi connectivity index (χ1v) is 7.12. The third-order valence-corrected chi connectivity index (χ3v) is 3.78. The van der Waals surface area contributed by atoms with Crippen molar-refractivity contribution in [2.45, 2.75) is 20.3 Å². The standard InChI is InChI=1S/C17H20N4/c1-11-5-6-13(9-12(11)2)10-15-18-14-7-8-16(21(3)4)20-17(14)19-15/h5-9H,10H2,1-4H3,(H,18,19,20). The smallest absolute Gasteiger partial charge is 0.179 e. The van der Waals surface area contributed by atoms with E-state index in [1.807, 2.05) is 31.1 Å². The van der Waals surface area contributed by atoms with Gasteiger partial charge in [0.05, 0.1) is 5.52 Å². The minimum Gasteiger partial charge on any atom is -0.363 e. The molecular weight excluding hydrogens is 260 g/mol. The minimum atomic E-state index is 0.778. The molecule has 1 aromatic carbocycles. The zero-order chi connectivity index (χ0) is 15.0. The molecule has 0 spiro atoms. The van der Waals surface area contributed by atoms with Gasteiger partial charge in [-0.15, -0.1) is 0 Å². The van der Waals surface area contributed by atoms with Gasteiger partial charge in [-0.25, -0.2) is 9.97 Å². The number of pyridine rings is 1. The Kier molecular flexibility index (Phi) is 3.37. The van der Waals surface area contributed by atoms with Gasteiger partial charge in [-0.1, -0.05) is 18.2 Å². The van der Waals surface area contributed by atoms with Gasteiger partial charge in [-0.05, 0) is 42.7 Å². The SMILES string of the molecule is Cc1ccc(Cc2nc3nc(N(C)C)ccc3[nH]2)cc1C. The zero-order valence-electron chi connectivity index (χ0n) is 12.9. The molecule has 0 aliphatic carbocycles. The Hall–Kier alpha value is -2.36. The second kappa shape index (κ2) is 5.20. The first kappa shape index (κ1) is 13.6. The van der Waals surface area contributed by atoms with Crippen LogP contribution < -0.4 is 4.90 Å². The molecule has 0 atom stereocenters. The molecule has 4 heteroatoms. The van der Waals surface area contributed by atoms with Crippen molar-refractivity contribution in [2.24, 2.45) is 0 Å². The largest absolute Gasteiger partial charge is 0.363 e. The van der Waals surface area contributed by atoms with Crippen LogP contribution in [0.5, 0.6) is 0 Å². The summed E-state index contributed by atoms with van der Waals surface area (Å²) < 4.78 is 0. The third kappa shape index (κ3) is 2.75.